The lowest BCUT2D eigenvalue weighted by atomic mass is 10.0. The van der Waals surface area contributed by atoms with Gasteiger partial charge >= 0.3 is 0 Å². The third-order valence-electron chi connectivity index (χ3n) is 4.35. The summed E-state index contributed by atoms with van der Waals surface area (Å²) in [4.78, 5) is 7.22. The van der Waals surface area contributed by atoms with E-state index in [9.17, 15) is 0 Å². The number of ether oxygens (including phenoxy) is 1. The molecule has 2 heterocycles. The third kappa shape index (κ3) is 3.64. The van der Waals surface area contributed by atoms with Gasteiger partial charge in [-0.25, -0.2) is 4.98 Å². The Morgan fingerprint density at radius 3 is 2.83 bits per heavy atom. The normalized spacial score (nSPS) is 18.7. The molecule has 1 N–H and O–H groups in total. The van der Waals surface area contributed by atoms with Gasteiger partial charge in [0.1, 0.15) is 5.82 Å². The monoisotopic (exact) mass is 313 g/mol. The van der Waals surface area contributed by atoms with E-state index < -0.39 is 0 Å². The Balaban J connectivity index is 2.46. The van der Waals surface area contributed by atoms with E-state index in [4.69, 9.17) is 9.72 Å². The van der Waals surface area contributed by atoms with E-state index in [-0.39, 0.29) is 0 Å². The van der Waals surface area contributed by atoms with Crippen LogP contribution < -0.4 is 10.2 Å². The summed E-state index contributed by atoms with van der Waals surface area (Å²) in [5.74, 6) is 0.995. The Labute approximate surface area is 139 Å². The van der Waals surface area contributed by atoms with Crippen molar-refractivity contribution in [2.45, 2.75) is 26.8 Å². The van der Waals surface area contributed by atoms with Crippen LogP contribution in [0.3, 0.4) is 0 Å². The second-order valence-electron chi connectivity index (χ2n) is 5.93. The Bertz CT molecular complexity index is 634. The van der Waals surface area contributed by atoms with Crippen molar-refractivity contribution in [1.29, 1.82) is 0 Å². The Morgan fingerprint density at radius 2 is 2.22 bits per heavy atom. The maximum Gasteiger partial charge on any atom is 0.129 e. The van der Waals surface area contributed by atoms with Crippen LogP contribution >= 0.6 is 0 Å². The first-order chi connectivity index (χ1) is 11.0. The van der Waals surface area contributed by atoms with E-state index in [2.05, 4.69) is 50.2 Å². The molecule has 0 spiro atoms. The van der Waals surface area contributed by atoms with Gasteiger partial charge in [0.05, 0.1) is 24.9 Å². The molecule has 0 radical (unpaired) electrons. The van der Waals surface area contributed by atoms with Gasteiger partial charge in [-0.3, -0.25) is 0 Å². The summed E-state index contributed by atoms with van der Waals surface area (Å²) < 4.78 is 5.54. The molecular formula is C19H27N3O. The number of likely N-dealkylation sites (N-methyl/N-ethyl adjacent to an activating group) is 1. The first-order valence-corrected chi connectivity index (χ1v) is 8.02. The molecule has 0 aliphatic carbocycles. The van der Waals surface area contributed by atoms with E-state index in [1.54, 1.807) is 6.08 Å². The van der Waals surface area contributed by atoms with Crippen molar-refractivity contribution in [3.8, 4) is 0 Å². The molecule has 23 heavy (non-hydrogen) atoms. The second kappa shape index (κ2) is 7.47. The minimum Gasteiger partial charge on any atom is -0.388 e. The summed E-state index contributed by atoms with van der Waals surface area (Å²) in [7, 11) is 1.89. The average molecular weight is 313 g/mol. The Morgan fingerprint density at radius 1 is 1.48 bits per heavy atom. The van der Waals surface area contributed by atoms with Gasteiger partial charge in [0.15, 0.2) is 0 Å². The fourth-order valence-corrected chi connectivity index (χ4v) is 2.81. The summed E-state index contributed by atoms with van der Waals surface area (Å²) >= 11 is 0. The molecule has 1 atom stereocenters. The third-order valence-corrected chi connectivity index (χ3v) is 4.35. The first-order valence-electron chi connectivity index (χ1n) is 8.02. The second-order valence-corrected chi connectivity index (χ2v) is 5.93. The molecule has 0 saturated carbocycles. The number of pyridine rings is 1. The van der Waals surface area contributed by atoms with Gasteiger partial charge in [-0.1, -0.05) is 19.2 Å². The van der Waals surface area contributed by atoms with Crippen LogP contribution in [-0.2, 0) is 4.74 Å². The summed E-state index contributed by atoms with van der Waals surface area (Å²) in [6, 6.07) is 2.48. The SMILES string of the molecule is C=C/C=C(\NC)C(=C)c1nc(N2CCOCC2C)cc(C)c1C. The van der Waals surface area contributed by atoms with Crippen LogP contribution in [0.5, 0.6) is 0 Å². The number of rotatable bonds is 5. The van der Waals surface area contributed by atoms with Crippen molar-refractivity contribution in [2.75, 3.05) is 31.7 Å². The molecule has 0 aromatic carbocycles. The Kier molecular flexibility index (Phi) is 5.61. The zero-order valence-corrected chi connectivity index (χ0v) is 14.6. The highest BCUT2D eigenvalue weighted by atomic mass is 16.5. The molecule has 2 rings (SSSR count). The van der Waals surface area contributed by atoms with Crippen molar-refractivity contribution in [1.82, 2.24) is 10.3 Å². The van der Waals surface area contributed by atoms with Crippen LogP contribution in [0.1, 0.15) is 23.7 Å². The number of hydrogen-bond acceptors (Lipinski definition) is 4. The van der Waals surface area contributed by atoms with Gasteiger partial charge in [0.25, 0.3) is 0 Å². The molecule has 4 heteroatoms. The summed E-state index contributed by atoms with van der Waals surface area (Å²) in [5, 5.41) is 3.17. The van der Waals surface area contributed by atoms with E-state index in [1.165, 1.54) is 5.56 Å². The molecule has 1 aliphatic rings. The lowest BCUT2D eigenvalue weighted by Gasteiger charge is -2.35. The van der Waals surface area contributed by atoms with Gasteiger partial charge in [0, 0.05) is 24.9 Å². The van der Waals surface area contributed by atoms with Crippen LogP contribution in [0.25, 0.3) is 5.57 Å². The number of anilines is 1. The highest BCUT2D eigenvalue weighted by Gasteiger charge is 2.22. The minimum absolute atomic E-state index is 0.326. The molecule has 1 fully saturated rings. The predicted molar refractivity (Wildman–Crippen MR) is 97.7 cm³/mol. The minimum atomic E-state index is 0.326. The van der Waals surface area contributed by atoms with Crippen LogP contribution in [-0.4, -0.2) is 37.8 Å². The highest BCUT2D eigenvalue weighted by Crippen LogP contribution is 2.28. The molecule has 1 aromatic rings. The molecule has 124 valence electrons. The van der Waals surface area contributed by atoms with E-state index in [0.29, 0.717) is 6.04 Å². The predicted octanol–water partition coefficient (Wildman–Crippen LogP) is 3.23. The largest absolute Gasteiger partial charge is 0.388 e. The van der Waals surface area contributed by atoms with Crippen LogP contribution in [0.2, 0.25) is 0 Å². The number of hydrogen-bond donors (Lipinski definition) is 1. The number of allylic oxidation sites excluding steroid dienone is 3. The van der Waals surface area contributed by atoms with Crippen molar-refractivity contribution in [3.05, 3.63) is 53.9 Å². The lowest BCUT2D eigenvalue weighted by molar-refractivity contribution is 0.0985. The summed E-state index contributed by atoms with van der Waals surface area (Å²) in [6.07, 6.45) is 3.68. The van der Waals surface area contributed by atoms with Crippen molar-refractivity contribution >= 4 is 11.4 Å². The van der Waals surface area contributed by atoms with Crippen LogP contribution in [0.4, 0.5) is 5.82 Å². The van der Waals surface area contributed by atoms with E-state index in [1.807, 2.05) is 13.1 Å². The van der Waals surface area contributed by atoms with Crippen molar-refractivity contribution in [2.24, 2.45) is 0 Å². The van der Waals surface area contributed by atoms with E-state index in [0.717, 1.165) is 48.1 Å². The maximum atomic E-state index is 5.54. The number of aryl methyl sites for hydroxylation is 1. The van der Waals surface area contributed by atoms with Crippen LogP contribution in [0.15, 0.2) is 37.1 Å². The fraction of sp³-hybridized carbons (Fsp3) is 0.421. The zero-order valence-electron chi connectivity index (χ0n) is 14.6. The van der Waals surface area contributed by atoms with Gasteiger partial charge in [-0.05, 0) is 44.0 Å². The number of nitrogens with one attached hydrogen (secondary N) is 1. The molecule has 1 aliphatic heterocycles. The number of nitrogens with zero attached hydrogens (tertiary/aromatic N) is 2. The molecule has 1 aromatic heterocycles. The molecule has 1 unspecified atom stereocenters. The topological polar surface area (TPSA) is 37.4 Å². The van der Waals surface area contributed by atoms with Crippen molar-refractivity contribution < 1.29 is 4.74 Å². The van der Waals surface area contributed by atoms with E-state index >= 15 is 0 Å². The number of morpholine rings is 1. The summed E-state index contributed by atoms with van der Waals surface area (Å²) in [6.45, 7) is 16.7. The molecule has 1 saturated heterocycles. The molecular weight excluding hydrogens is 286 g/mol. The molecule has 4 nitrogen and oxygen atoms in total. The van der Waals surface area contributed by atoms with Crippen molar-refractivity contribution in [3.63, 3.8) is 0 Å². The average Bonchev–Trinajstić information content (AvgIpc) is 2.55. The van der Waals surface area contributed by atoms with Gasteiger partial charge in [-0.2, -0.15) is 0 Å². The van der Waals surface area contributed by atoms with Gasteiger partial charge < -0.3 is 15.0 Å². The standard InChI is InChI=1S/C19H27N3O/c1-7-8-17(20-6)16(5)19-15(4)13(2)11-18(21-19)22-9-10-23-12-14(22)3/h7-8,11,14,20H,1,5,9-10,12H2,2-4,6H3/b17-8-. The lowest BCUT2D eigenvalue weighted by Crippen LogP contribution is -2.44. The molecule has 0 bridgehead atoms. The van der Waals surface area contributed by atoms with Crippen LogP contribution in [0, 0.1) is 13.8 Å². The fourth-order valence-electron chi connectivity index (χ4n) is 2.81. The zero-order chi connectivity index (χ0) is 17.0. The summed E-state index contributed by atoms with van der Waals surface area (Å²) in [5.41, 5.74) is 5.13. The quantitative estimate of drug-likeness (QED) is 0.847. The smallest absolute Gasteiger partial charge is 0.129 e. The number of aromatic nitrogens is 1. The van der Waals surface area contributed by atoms with Gasteiger partial charge in [0.2, 0.25) is 0 Å². The first kappa shape index (κ1) is 17.3. The van der Waals surface area contributed by atoms with Gasteiger partial charge in [-0.15, -0.1) is 0 Å². The Hall–Kier alpha value is -2.07. The molecule has 0 amide bonds. The maximum absolute atomic E-state index is 5.54. The highest BCUT2D eigenvalue weighted by molar-refractivity contribution is 5.78.